The zero-order valence-corrected chi connectivity index (χ0v) is 12.2. The van der Waals surface area contributed by atoms with Crippen molar-refractivity contribution in [2.24, 2.45) is 0 Å². The van der Waals surface area contributed by atoms with Crippen molar-refractivity contribution >= 4 is 17.3 Å². The lowest BCUT2D eigenvalue weighted by molar-refractivity contribution is -0.383. The van der Waals surface area contributed by atoms with Crippen molar-refractivity contribution in [3.63, 3.8) is 0 Å². The highest BCUT2D eigenvalue weighted by molar-refractivity contribution is 5.70. The number of anilines is 2. The van der Waals surface area contributed by atoms with E-state index in [-0.39, 0.29) is 24.2 Å². The molecule has 1 unspecified atom stereocenters. The fourth-order valence-electron chi connectivity index (χ4n) is 2.77. The quantitative estimate of drug-likeness (QED) is 0.606. The number of nitrogens with one attached hydrogen (secondary N) is 1. The van der Waals surface area contributed by atoms with Crippen molar-refractivity contribution in [1.29, 1.82) is 0 Å². The second-order valence-electron chi connectivity index (χ2n) is 5.04. The van der Waals surface area contributed by atoms with Crippen LogP contribution < -0.4 is 10.2 Å². The Bertz CT molecular complexity index is 495. The fraction of sp³-hybridized carbons (Fsp3) is 0.692. The van der Waals surface area contributed by atoms with Crippen LogP contribution in [0.15, 0.2) is 6.33 Å². The van der Waals surface area contributed by atoms with Gasteiger partial charge in [0.1, 0.15) is 6.33 Å². The Kier molecular flexibility index (Phi) is 5.26. The molecule has 1 aliphatic rings. The van der Waals surface area contributed by atoms with E-state index in [0.29, 0.717) is 25.3 Å². The van der Waals surface area contributed by atoms with E-state index in [9.17, 15) is 15.2 Å². The minimum atomic E-state index is -0.433. The van der Waals surface area contributed by atoms with Crippen LogP contribution >= 0.6 is 0 Å². The van der Waals surface area contributed by atoms with Crippen LogP contribution in [0.4, 0.5) is 17.3 Å². The molecule has 2 N–H and O–H groups in total. The molecule has 1 aromatic heterocycles. The Morgan fingerprint density at radius 2 is 2.33 bits per heavy atom. The second-order valence-corrected chi connectivity index (χ2v) is 5.04. The number of aliphatic hydroxyl groups excluding tert-OH is 1. The molecule has 0 radical (unpaired) electrons. The molecule has 2 rings (SSSR count). The topological polar surface area (TPSA) is 104 Å². The average Bonchev–Trinajstić information content (AvgIpc) is 2.48. The Morgan fingerprint density at radius 1 is 1.52 bits per heavy atom. The highest BCUT2D eigenvalue weighted by Crippen LogP contribution is 2.35. The zero-order chi connectivity index (χ0) is 15.2. The monoisotopic (exact) mass is 295 g/mol. The lowest BCUT2D eigenvalue weighted by atomic mass is 9.99. The normalized spacial score (nSPS) is 18.6. The molecule has 8 heteroatoms. The smallest absolute Gasteiger partial charge is 0.353 e. The molecule has 1 aromatic rings. The van der Waals surface area contributed by atoms with E-state index >= 15 is 0 Å². The Labute approximate surface area is 123 Å². The number of piperidine rings is 1. The molecule has 1 saturated heterocycles. The molecule has 1 aliphatic heterocycles. The molecule has 0 aliphatic carbocycles. The summed E-state index contributed by atoms with van der Waals surface area (Å²) in [6.07, 6.45) is 4.90. The van der Waals surface area contributed by atoms with Crippen LogP contribution in [0.1, 0.15) is 32.6 Å². The van der Waals surface area contributed by atoms with Crippen LogP contribution in [-0.2, 0) is 0 Å². The Morgan fingerprint density at radius 3 is 3.00 bits per heavy atom. The summed E-state index contributed by atoms with van der Waals surface area (Å²) in [5, 5.41) is 23.5. The van der Waals surface area contributed by atoms with Crippen LogP contribution in [0.2, 0.25) is 0 Å². The third kappa shape index (κ3) is 3.38. The first-order valence-electron chi connectivity index (χ1n) is 7.29. The Balaban J connectivity index is 2.40. The zero-order valence-electron chi connectivity index (χ0n) is 12.2. The van der Waals surface area contributed by atoms with E-state index in [1.807, 2.05) is 11.8 Å². The molecule has 1 atom stereocenters. The number of nitro groups is 1. The van der Waals surface area contributed by atoms with Gasteiger partial charge in [-0.1, -0.05) is 0 Å². The highest BCUT2D eigenvalue weighted by atomic mass is 16.6. The maximum Gasteiger partial charge on any atom is 0.353 e. The van der Waals surface area contributed by atoms with E-state index < -0.39 is 4.92 Å². The largest absolute Gasteiger partial charge is 0.396 e. The van der Waals surface area contributed by atoms with E-state index in [2.05, 4.69) is 15.3 Å². The van der Waals surface area contributed by atoms with Crippen LogP contribution in [-0.4, -0.2) is 45.7 Å². The first kappa shape index (κ1) is 15.4. The van der Waals surface area contributed by atoms with Gasteiger partial charge in [-0.15, -0.1) is 0 Å². The van der Waals surface area contributed by atoms with Crippen molar-refractivity contribution in [2.75, 3.05) is 29.9 Å². The molecule has 0 amide bonds. The summed E-state index contributed by atoms with van der Waals surface area (Å²) in [5.41, 5.74) is -0.0795. The number of hydrogen-bond acceptors (Lipinski definition) is 7. The van der Waals surface area contributed by atoms with E-state index in [0.717, 1.165) is 19.3 Å². The molecule has 1 fully saturated rings. The summed E-state index contributed by atoms with van der Waals surface area (Å²) in [4.78, 5) is 21.1. The van der Waals surface area contributed by atoms with Gasteiger partial charge in [0.2, 0.25) is 11.6 Å². The summed E-state index contributed by atoms with van der Waals surface area (Å²) in [7, 11) is 0. The minimum Gasteiger partial charge on any atom is -0.396 e. The second kappa shape index (κ2) is 7.16. The van der Waals surface area contributed by atoms with Gasteiger partial charge < -0.3 is 15.3 Å². The maximum atomic E-state index is 11.4. The molecule has 0 aromatic carbocycles. The molecule has 8 nitrogen and oxygen atoms in total. The average molecular weight is 295 g/mol. The molecular weight excluding hydrogens is 274 g/mol. The van der Waals surface area contributed by atoms with E-state index in [1.54, 1.807) is 0 Å². The maximum absolute atomic E-state index is 11.4. The predicted molar refractivity (Wildman–Crippen MR) is 79.5 cm³/mol. The van der Waals surface area contributed by atoms with E-state index in [4.69, 9.17) is 0 Å². The van der Waals surface area contributed by atoms with Gasteiger partial charge >= 0.3 is 5.69 Å². The fourth-order valence-corrected chi connectivity index (χ4v) is 2.77. The molecular formula is C13H21N5O3. The van der Waals surface area contributed by atoms with Crippen LogP contribution in [0, 0.1) is 10.1 Å². The number of nitrogens with zero attached hydrogens (tertiary/aromatic N) is 4. The molecule has 0 spiro atoms. The van der Waals surface area contributed by atoms with Gasteiger partial charge in [-0.2, -0.15) is 0 Å². The van der Waals surface area contributed by atoms with Gasteiger partial charge in [-0.05, 0) is 32.6 Å². The standard InChI is InChI=1S/C13H21N5O3/c1-2-14-12-11(18(20)21)13(16-9-15-12)17-7-4-3-5-10(17)6-8-19/h9-10,19H,2-8H2,1H3,(H,14,15,16). The van der Waals surface area contributed by atoms with Gasteiger partial charge in [0.15, 0.2) is 0 Å². The Hall–Kier alpha value is -1.96. The third-order valence-electron chi connectivity index (χ3n) is 3.69. The summed E-state index contributed by atoms with van der Waals surface area (Å²) < 4.78 is 0. The minimum absolute atomic E-state index is 0.0696. The SMILES string of the molecule is CCNc1ncnc(N2CCCCC2CCO)c1[N+](=O)[O-]. The number of aromatic nitrogens is 2. The molecule has 116 valence electrons. The third-order valence-corrected chi connectivity index (χ3v) is 3.69. The lowest BCUT2D eigenvalue weighted by Crippen LogP contribution is -2.41. The number of aliphatic hydroxyl groups is 1. The summed E-state index contributed by atoms with van der Waals surface area (Å²) in [5.74, 6) is 0.602. The van der Waals surface area contributed by atoms with Gasteiger partial charge in [0.25, 0.3) is 0 Å². The van der Waals surface area contributed by atoms with Crippen LogP contribution in [0.5, 0.6) is 0 Å². The molecule has 0 saturated carbocycles. The lowest BCUT2D eigenvalue weighted by Gasteiger charge is -2.36. The van der Waals surface area contributed by atoms with Gasteiger partial charge in [-0.25, -0.2) is 9.97 Å². The first-order chi connectivity index (χ1) is 10.2. The van der Waals surface area contributed by atoms with Crippen molar-refractivity contribution in [3.8, 4) is 0 Å². The summed E-state index contributed by atoms with van der Waals surface area (Å²) in [6.45, 7) is 3.20. The van der Waals surface area contributed by atoms with Gasteiger partial charge in [0.05, 0.1) is 4.92 Å². The van der Waals surface area contributed by atoms with Crippen molar-refractivity contribution in [3.05, 3.63) is 16.4 Å². The number of hydrogen-bond donors (Lipinski definition) is 2. The van der Waals surface area contributed by atoms with Crippen LogP contribution in [0.25, 0.3) is 0 Å². The van der Waals surface area contributed by atoms with Crippen molar-refractivity contribution in [1.82, 2.24) is 9.97 Å². The van der Waals surface area contributed by atoms with Crippen LogP contribution in [0.3, 0.4) is 0 Å². The van der Waals surface area contributed by atoms with E-state index in [1.165, 1.54) is 6.33 Å². The highest BCUT2D eigenvalue weighted by Gasteiger charge is 2.31. The van der Waals surface area contributed by atoms with Crippen molar-refractivity contribution in [2.45, 2.75) is 38.6 Å². The summed E-state index contributed by atoms with van der Waals surface area (Å²) >= 11 is 0. The summed E-state index contributed by atoms with van der Waals surface area (Å²) in [6, 6.07) is 0.0897. The molecule has 0 bridgehead atoms. The van der Waals surface area contributed by atoms with Gasteiger partial charge in [-0.3, -0.25) is 10.1 Å². The molecule has 2 heterocycles. The first-order valence-corrected chi connectivity index (χ1v) is 7.29. The van der Waals surface area contributed by atoms with Crippen molar-refractivity contribution < 1.29 is 10.0 Å². The van der Waals surface area contributed by atoms with Gasteiger partial charge in [0, 0.05) is 25.7 Å². The number of rotatable bonds is 6. The predicted octanol–water partition coefficient (Wildman–Crippen LogP) is 1.56. The molecule has 21 heavy (non-hydrogen) atoms.